The number of nitrogens with one attached hydrogen (secondary N) is 1. The first-order valence-corrected chi connectivity index (χ1v) is 7.55. The summed E-state index contributed by atoms with van der Waals surface area (Å²) in [6.45, 7) is -0.102. The maximum Gasteiger partial charge on any atom is 0.272 e. The second-order valence-corrected chi connectivity index (χ2v) is 6.16. The summed E-state index contributed by atoms with van der Waals surface area (Å²) in [5.74, 6) is 0.387. The summed E-state index contributed by atoms with van der Waals surface area (Å²) in [6.07, 6.45) is 4.99. The van der Waals surface area contributed by atoms with Crippen LogP contribution in [-0.4, -0.2) is 38.8 Å². The van der Waals surface area contributed by atoms with Gasteiger partial charge in [0.15, 0.2) is 5.67 Å². The number of likely N-dealkylation sites (tertiary alicyclic amines) is 1. The van der Waals surface area contributed by atoms with Crippen LogP contribution >= 0.6 is 0 Å². The zero-order valence-electron chi connectivity index (χ0n) is 12.3. The van der Waals surface area contributed by atoms with Crippen LogP contribution in [0.25, 0.3) is 0 Å². The SMILES string of the molecule is O=C(c1cc(=O)[nH]c(C2CC2)n1)N1CC(F)(c2cccnc2)C1. The van der Waals surface area contributed by atoms with E-state index in [1.54, 1.807) is 18.3 Å². The van der Waals surface area contributed by atoms with Gasteiger partial charge >= 0.3 is 0 Å². The zero-order chi connectivity index (χ0) is 16.0. The molecule has 1 N–H and O–H groups in total. The summed E-state index contributed by atoms with van der Waals surface area (Å²) in [6, 6.07) is 4.50. The molecule has 7 heteroatoms. The second kappa shape index (κ2) is 4.97. The molecule has 1 aliphatic heterocycles. The molecule has 0 unspecified atom stereocenters. The molecule has 1 saturated carbocycles. The summed E-state index contributed by atoms with van der Waals surface area (Å²) in [4.78, 5) is 36.3. The Balaban J connectivity index is 1.52. The number of hydrogen-bond acceptors (Lipinski definition) is 4. The van der Waals surface area contributed by atoms with Gasteiger partial charge in [-0.05, 0) is 18.9 Å². The molecule has 6 nitrogen and oxygen atoms in total. The van der Waals surface area contributed by atoms with E-state index in [0.29, 0.717) is 11.4 Å². The monoisotopic (exact) mass is 314 g/mol. The van der Waals surface area contributed by atoms with Gasteiger partial charge in [0.1, 0.15) is 11.5 Å². The molecule has 4 rings (SSSR count). The van der Waals surface area contributed by atoms with Crippen LogP contribution in [0.2, 0.25) is 0 Å². The number of pyridine rings is 1. The highest BCUT2D eigenvalue weighted by Crippen LogP contribution is 2.38. The van der Waals surface area contributed by atoms with E-state index in [9.17, 15) is 14.0 Å². The molecule has 0 aromatic carbocycles. The van der Waals surface area contributed by atoms with Crippen molar-refractivity contribution in [2.75, 3.05) is 13.1 Å². The quantitative estimate of drug-likeness (QED) is 0.928. The van der Waals surface area contributed by atoms with Crippen molar-refractivity contribution in [1.29, 1.82) is 0 Å². The smallest absolute Gasteiger partial charge is 0.272 e. The molecular formula is C16H15FN4O2. The molecule has 1 amide bonds. The number of nitrogens with zero attached hydrogens (tertiary/aromatic N) is 3. The number of carbonyl (C=O) groups is 1. The van der Waals surface area contributed by atoms with E-state index in [-0.39, 0.29) is 30.3 Å². The van der Waals surface area contributed by atoms with Crippen LogP contribution in [0, 0.1) is 0 Å². The third kappa shape index (κ3) is 2.52. The molecule has 1 aliphatic carbocycles. The number of halogens is 1. The molecule has 2 aromatic heterocycles. The minimum Gasteiger partial charge on any atom is -0.330 e. The average molecular weight is 314 g/mol. The first-order valence-electron chi connectivity index (χ1n) is 7.55. The van der Waals surface area contributed by atoms with Gasteiger partial charge in [-0.2, -0.15) is 0 Å². The average Bonchev–Trinajstić information content (AvgIpc) is 3.36. The second-order valence-electron chi connectivity index (χ2n) is 6.16. The van der Waals surface area contributed by atoms with E-state index in [1.165, 1.54) is 17.2 Å². The van der Waals surface area contributed by atoms with Crippen molar-refractivity contribution in [3.63, 3.8) is 0 Å². The van der Waals surface area contributed by atoms with E-state index < -0.39 is 11.6 Å². The highest BCUT2D eigenvalue weighted by Gasteiger charge is 2.48. The topological polar surface area (TPSA) is 79.0 Å². The number of aromatic nitrogens is 3. The first-order chi connectivity index (χ1) is 11.0. The van der Waals surface area contributed by atoms with Crippen molar-refractivity contribution < 1.29 is 9.18 Å². The molecule has 2 aliphatic rings. The molecular weight excluding hydrogens is 299 g/mol. The fraction of sp³-hybridized carbons (Fsp3) is 0.375. The third-order valence-electron chi connectivity index (χ3n) is 4.29. The molecule has 0 radical (unpaired) electrons. The van der Waals surface area contributed by atoms with Crippen molar-refractivity contribution >= 4 is 5.91 Å². The predicted molar refractivity (Wildman–Crippen MR) is 79.8 cm³/mol. The fourth-order valence-corrected chi connectivity index (χ4v) is 2.81. The summed E-state index contributed by atoms with van der Waals surface area (Å²) >= 11 is 0. The Bertz CT molecular complexity index is 810. The lowest BCUT2D eigenvalue weighted by Crippen LogP contribution is -2.59. The van der Waals surface area contributed by atoms with Crippen LogP contribution in [0.15, 0.2) is 35.4 Å². The first kappa shape index (κ1) is 14.0. The predicted octanol–water partition coefficient (Wildman–Crippen LogP) is 1.36. The molecule has 3 heterocycles. The lowest BCUT2D eigenvalue weighted by Gasteiger charge is -2.44. The van der Waals surface area contributed by atoms with Crippen molar-refractivity contribution in [2.45, 2.75) is 24.4 Å². The van der Waals surface area contributed by atoms with E-state index in [2.05, 4.69) is 15.0 Å². The maximum absolute atomic E-state index is 14.7. The molecule has 0 bridgehead atoms. The summed E-state index contributed by atoms with van der Waals surface area (Å²) in [5, 5.41) is 0. The Morgan fingerprint density at radius 1 is 1.39 bits per heavy atom. The molecule has 0 spiro atoms. The zero-order valence-corrected chi connectivity index (χ0v) is 12.3. The Kier molecular flexibility index (Phi) is 3.04. The minimum absolute atomic E-state index is 0.0508. The summed E-state index contributed by atoms with van der Waals surface area (Å²) in [7, 11) is 0. The summed E-state index contributed by atoms with van der Waals surface area (Å²) in [5.41, 5.74) is -1.38. The van der Waals surface area contributed by atoms with Crippen LogP contribution in [0.4, 0.5) is 4.39 Å². The van der Waals surface area contributed by atoms with Crippen LogP contribution in [0.1, 0.15) is 40.6 Å². The number of rotatable bonds is 3. The van der Waals surface area contributed by atoms with Crippen LogP contribution in [0.5, 0.6) is 0 Å². The molecule has 0 atom stereocenters. The molecule has 118 valence electrons. The van der Waals surface area contributed by atoms with E-state index in [1.807, 2.05) is 0 Å². The number of aromatic amines is 1. The van der Waals surface area contributed by atoms with Gasteiger partial charge in [0.25, 0.3) is 11.5 Å². The third-order valence-corrected chi connectivity index (χ3v) is 4.29. The van der Waals surface area contributed by atoms with Gasteiger partial charge in [-0.25, -0.2) is 9.37 Å². The standard InChI is InChI=1S/C16H15FN4O2/c17-16(11-2-1-5-18-7-11)8-21(9-16)15(23)12-6-13(22)20-14(19-12)10-3-4-10/h1-2,5-7,10H,3-4,8-9H2,(H,19,20,22). The Hall–Kier alpha value is -2.57. The lowest BCUT2D eigenvalue weighted by molar-refractivity contribution is -0.0236. The number of H-pyrrole nitrogens is 1. The molecule has 1 saturated heterocycles. The van der Waals surface area contributed by atoms with E-state index >= 15 is 0 Å². The van der Waals surface area contributed by atoms with Gasteiger partial charge in [-0.15, -0.1) is 0 Å². The van der Waals surface area contributed by atoms with Crippen molar-refractivity contribution in [3.05, 3.63) is 58.0 Å². The summed E-state index contributed by atoms with van der Waals surface area (Å²) < 4.78 is 14.7. The number of alkyl halides is 1. The maximum atomic E-state index is 14.7. The van der Waals surface area contributed by atoms with Crippen molar-refractivity contribution in [2.24, 2.45) is 0 Å². The number of hydrogen-bond donors (Lipinski definition) is 1. The van der Waals surface area contributed by atoms with Crippen molar-refractivity contribution in [3.8, 4) is 0 Å². The van der Waals surface area contributed by atoms with Gasteiger partial charge in [0.2, 0.25) is 0 Å². The molecule has 23 heavy (non-hydrogen) atoms. The lowest BCUT2D eigenvalue weighted by atomic mass is 9.89. The molecule has 2 fully saturated rings. The Morgan fingerprint density at radius 3 is 2.83 bits per heavy atom. The van der Waals surface area contributed by atoms with Crippen LogP contribution in [0.3, 0.4) is 0 Å². The van der Waals surface area contributed by atoms with Gasteiger partial charge in [-0.3, -0.25) is 14.6 Å². The highest BCUT2D eigenvalue weighted by molar-refractivity contribution is 5.93. The van der Waals surface area contributed by atoms with Crippen LogP contribution in [-0.2, 0) is 5.67 Å². The van der Waals surface area contributed by atoms with Gasteiger partial charge in [0.05, 0.1) is 13.1 Å². The number of carbonyl (C=O) groups excluding carboxylic acids is 1. The highest BCUT2D eigenvalue weighted by atomic mass is 19.1. The minimum atomic E-state index is -1.58. The molecule has 2 aromatic rings. The van der Waals surface area contributed by atoms with Crippen molar-refractivity contribution in [1.82, 2.24) is 19.9 Å². The fourth-order valence-electron chi connectivity index (χ4n) is 2.81. The number of amides is 1. The largest absolute Gasteiger partial charge is 0.330 e. The Labute approximate surface area is 131 Å². The van der Waals surface area contributed by atoms with Gasteiger partial charge < -0.3 is 9.88 Å². The van der Waals surface area contributed by atoms with Gasteiger partial charge in [0, 0.05) is 29.9 Å². The van der Waals surface area contributed by atoms with Gasteiger partial charge in [-0.1, -0.05) is 6.07 Å². The Morgan fingerprint density at radius 2 is 2.17 bits per heavy atom. The normalized spacial score (nSPS) is 19.3. The van der Waals surface area contributed by atoms with E-state index in [4.69, 9.17) is 0 Å². The van der Waals surface area contributed by atoms with Crippen LogP contribution < -0.4 is 5.56 Å². The van der Waals surface area contributed by atoms with E-state index in [0.717, 1.165) is 12.8 Å².